The van der Waals surface area contributed by atoms with Crippen LogP contribution < -0.4 is 0 Å². The summed E-state index contributed by atoms with van der Waals surface area (Å²) < 4.78 is 5.83. The maximum Gasteiger partial charge on any atom is 0.330 e. The Morgan fingerprint density at radius 1 is 1.38 bits per heavy atom. The Hall–Kier alpha value is -2.24. The van der Waals surface area contributed by atoms with E-state index in [2.05, 4.69) is 9.72 Å². The Bertz CT molecular complexity index is 459. The first-order valence-corrected chi connectivity index (χ1v) is 4.37. The van der Waals surface area contributed by atoms with Gasteiger partial charge in [-0.3, -0.25) is 9.59 Å². The lowest BCUT2D eigenvalue weighted by Crippen LogP contribution is -2.12. The number of allylic oxidation sites excluding steroid dienone is 1. The van der Waals surface area contributed by atoms with Crippen LogP contribution in [0.5, 0.6) is 0 Å². The van der Waals surface area contributed by atoms with Crippen molar-refractivity contribution in [2.75, 3.05) is 7.11 Å². The molecule has 1 heterocycles. The number of nitrogens with zero attached hydrogens (tertiary/aromatic N) is 2. The number of carbonyl (C=O) groups is 3. The number of methoxy groups -OCH3 is 1. The fourth-order valence-corrected chi connectivity index (χ4v) is 0.944. The Kier molecular flexibility index (Phi) is 3.71. The molecule has 0 aliphatic rings. The summed E-state index contributed by atoms with van der Waals surface area (Å²) in [5.74, 6) is -2.27. The van der Waals surface area contributed by atoms with E-state index in [0.717, 1.165) is 12.2 Å². The molecule has 0 spiro atoms. The average molecular weight is 222 g/mol. The summed E-state index contributed by atoms with van der Waals surface area (Å²) in [5, 5.41) is 0. The predicted molar refractivity (Wildman–Crippen MR) is 53.7 cm³/mol. The normalized spacial score (nSPS) is 10.4. The van der Waals surface area contributed by atoms with Crippen LogP contribution in [0.25, 0.3) is 0 Å². The topological polar surface area (TPSA) is 78.3 Å². The predicted octanol–water partition coefficient (Wildman–Crippen LogP) is -0.0989. The van der Waals surface area contributed by atoms with Crippen LogP contribution in [0.15, 0.2) is 24.7 Å². The summed E-state index contributed by atoms with van der Waals surface area (Å²) >= 11 is 0. The molecule has 0 aliphatic carbocycles. The number of hydrogen-bond donors (Lipinski definition) is 0. The number of esters is 1. The summed E-state index contributed by atoms with van der Waals surface area (Å²) in [7, 11) is 2.86. The second kappa shape index (κ2) is 5.01. The van der Waals surface area contributed by atoms with Gasteiger partial charge in [0.1, 0.15) is 5.69 Å². The zero-order valence-corrected chi connectivity index (χ0v) is 8.84. The van der Waals surface area contributed by atoms with Crippen LogP contribution in [-0.4, -0.2) is 34.2 Å². The van der Waals surface area contributed by atoms with E-state index in [0.29, 0.717) is 0 Å². The van der Waals surface area contributed by atoms with Crippen molar-refractivity contribution in [1.82, 2.24) is 9.55 Å². The van der Waals surface area contributed by atoms with Gasteiger partial charge in [-0.05, 0) is 6.08 Å². The van der Waals surface area contributed by atoms with E-state index in [1.807, 2.05) is 0 Å². The Morgan fingerprint density at radius 3 is 2.56 bits per heavy atom. The second-order valence-electron chi connectivity index (χ2n) is 2.97. The van der Waals surface area contributed by atoms with Crippen LogP contribution in [0.3, 0.4) is 0 Å². The van der Waals surface area contributed by atoms with Gasteiger partial charge in [0.25, 0.3) is 5.78 Å². The fourth-order valence-electron chi connectivity index (χ4n) is 0.944. The maximum atomic E-state index is 11.4. The fraction of sp³-hybridized carbons (Fsp3) is 0.200. The SMILES string of the molecule is COC(=O)/C=C/C(=O)C(=O)c1cn(C)cn1. The van der Waals surface area contributed by atoms with Crippen LogP contribution >= 0.6 is 0 Å². The quantitative estimate of drug-likeness (QED) is 0.307. The summed E-state index contributed by atoms with van der Waals surface area (Å²) in [6.07, 6.45) is 4.59. The first-order valence-electron chi connectivity index (χ1n) is 4.37. The number of Topliss-reactive ketones (excluding diaryl/α,β-unsaturated/α-hetero) is 1. The Labute approximate surface area is 91.5 Å². The third-order valence-electron chi connectivity index (χ3n) is 1.73. The molecule has 0 aliphatic heterocycles. The number of imidazole rings is 1. The molecule has 0 fully saturated rings. The minimum Gasteiger partial charge on any atom is -0.466 e. The lowest BCUT2D eigenvalue weighted by atomic mass is 10.2. The molecule has 1 aromatic rings. The van der Waals surface area contributed by atoms with Gasteiger partial charge in [0.05, 0.1) is 13.4 Å². The molecule has 0 amide bonds. The van der Waals surface area contributed by atoms with Crippen molar-refractivity contribution in [3.05, 3.63) is 30.4 Å². The first kappa shape index (κ1) is 11.8. The van der Waals surface area contributed by atoms with Gasteiger partial charge in [0.2, 0.25) is 5.78 Å². The Balaban J connectivity index is 2.72. The van der Waals surface area contributed by atoms with Crippen molar-refractivity contribution in [3.63, 3.8) is 0 Å². The Morgan fingerprint density at radius 2 is 2.06 bits per heavy atom. The van der Waals surface area contributed by atoms with E-state index in [9.17, 15) is 14.4 Å². The summed E-state index contributed by atoms with van der Waals surface area (Å²) in [4.78, 5) is 37.1. The van der Waals surface area contributed by atoms with E-state index in [1.54, 1.807) is 11.6 Å². The van der Waals surface area contributed by atoms with E-state index >= 15 is 0 Å². The van der Waals surface area contributed by atoms with Crippen molar-refractivity contribution in [3.8, 4) is 0 Å². The highest BCUT2D eigenvalue weighted by Gasteiger charge is 2.16. The van der Waals surface area contributed by atoms with Gasteiger partial charge in [-0.2, -0.15) is 0 Å². The zero-order valence-electron chi connectivity index (χ0n) is 8.84. The van der Waals surface area contributed by atoms with Crippen molar-refractivity contribution in [2.45, 2.75) is 0 Å². The van der Waals surface area contributed by atoms with Crippen LogP contribution in [0.1, 0.15) is 10.5 Å². The largest absolute Gasteiger partial charge is 0.466 e. The first-order chi connectivity index (χ1) is 7.54. The number of hydrogen-bond acceptors (Lipinski definition) is 5. The van der Waals surface area contributed by atoms with Crippen molar-refractivity contribution in [1.29, 1.82) is 0 Å². The molecular weight excluding hydrogens is 212 g/mol. The molecule has 0 N–H and O–H groups in total. The van der Waals surface area contributed by atoms with Crippen LogP contribution in [0.2, 0.25) is 0 Å². The summed E-state index contributed by atoms with van der Waals surface area (Å²) in [6.45, 7) is 0. The van der Waals surface area contributed by atoms with E-state index in [4.69, 9.17) is 0 Å². The highest BCUT2D eigenvalue weighted by atomic mass is 16.5. The highest BCUT2D eigenvalue weighted by Crippen LogP contribution is 1.98. The summed E-state index contributed by atoms with van der Waals surface area (Å²) in [5.41, 5.74) is 0.0435. The van der Waals surface area contributed by atoms with E-state index in [-0.39, 0.29) is 5.69 Å². The van der Waals surface area contributed by atoms with E-state index in [1.165, 1.54) is 19.6 Å². The lowest BCUT2D eigenvalue weighted by Gasteiger charge is -1.91. The van der Waals surface area contributed by atoms with Gasteiger partial charge in [0, 0.05) is 19.3 Å². The monoisotopic (exact) mass is 222 g/mol. The summed E-state index contributed by atoms with van der Waals surface area (Å²) in [6, 6.07) is 0. The van der Waals surface area contributed by atoms with Crippen molar-refractivity contribution < 1.29 is 19.1 Å². The lowest BCUT2D eigenvalue weighted by molar-refractivity contribution is -0.135. The third kappa shape index (κ3) is 2.88. The molecule has 1 aromatic heterocycles. The number of aromatic nitrogens is 2. The van der Waals surface area contributed by atoms with Gasteiger partial charge in [0.15, 0.2) is 0 Å². The van der Waals surface area contributed by atoms with E-state index < -0.39 is 17.5 Å². The van der Waals surface area contributed by atoms with Gasteiger partial charge in [-0.15, -0.1) is 0 Å². The van der Waals surface area contributed by atoms with Gasteiger partial charge in [-0.25, -0.2) is 9.78 Å². The zero-order chi connectivity index (χ0) is 12.1. The number of rotatable bonds is 4. The van der Waals surface area contributed by atoms with Crippen molar-refractivity contribution >= 4 is 17.5 Å². The number of carbonyl (C=O) groups excluding carboxylic acids is 3. The second-order valence-corrected chi connectivity index (χ2v) is 2.97. The minimum absolute atomic E-state index is 0.0435. The molecule has 0 saturated heterocycles. The third-order valence-corrected chi connectivity index (χ3v) is 1.73. The van der Waals surface area contributed by atoms with Crippen molar-refractivity contribution in [2.24, 2.45) is 7.05 Å². The standard InChI is InChI=1S/C10H10N2O4/c1-12-5-7(11-6-12)10(15)8(13)3-4-9(14)16-2/h3-6H,1-2H3/b4-3+. The van der Waals surface area contributed by atoms with Gasteiger partial charge < -0.3 is 9.30 Å². The average Bonchev–Trinajstić information content (AvgIpc) is 2.71. The molecule has 16 heavy (non-hydrogen) atoms. The maximum absolute atomic E-state index is 11.4. The van der Waals surface area contributed by atoms with Gasteiger partial charge >= 0.3 is 5.97 Å². The smallest absolute Gasteiger partial charge is 0.330 e. The molecule has 84 valence electrons. The molecule has 1 rings (SSSR count). The molecule has 6 heteroatoms. The number of ketones is 2. The molecule has 0 atom stereocenters. The van der Waals surface area contributed by atoms with Crippen LogP contribution in [-0.2, 0) is 21.4 Å². The van der Waals surface area contributed by atoms with Crippen LogP contribution in [0.4, 0.5) is 0 Å². The molecule has 0 bridgehead atoms. The van der Waals surface area contributed by atoms with Crippen LogP contribution in [0, 0.1) is 0 Å². The molecule has 0 radical (unpaired) electrons. The highest BCUT2D eigenvalue weighted by molar-refractivity contribution is 6.47. The molecule has 0 aromatic carbocycles. The molecule has 0 unspecified atom stereocenters. The molecule has 0 saturated carbocycles. The van der Waals surface area contributed by atoms with Gasteiger partial charge in [-0.1, -0.05) is 0 Å². The number of ether oxygens (including phenoxy) is 1. The molecular formula is C10H10N2O4. The number of aryl methyl sites for hydroxylation is 1. The minimum atomic E-state index is -0.816. The molecule has 6 nitrogen and oxygen atoms in total.